The van der Waals surface area contributed by atoms with Crippen molar-refractivity contribution in [2.45, 2.75) is 6.54 Å². The quantitative estimate of drug-likeness (QED) is 0.528. The average Bonchev–Trinajstić information content (AvgIpc) is 1.88. The Labute approximate surface area is 62.1 Å². The van der Waals surface area contributed by atoms with E-state index in [1.54, 1.807) is 0 Å². The van der Waals surface area contributed by atoms with Crippen molar-refractivity contribution in [3.63, 3.8) is 0 Å². The fraction of sp³-hybridized carbons (Fsp3) is 0.286. The van der Waals surface area contributed by atoms with Crippen molar-refractivity contribution < 1.29 is 0 Å². The minimum atomic E-state index is 0.849. The lowest BCUT2D eigenvalue weighted by molar-refractivity contribution is 0.794. The van der Waals surface area contributed by atoms with Gasteiger partial charge in [0, 0.05) is 6.54 Å². The van der Waals surface area contributed by atoms with Crippen LogP contribution >= 0.6 is 0 Å². The highest BCUT2D eigenvalue weighted by Gasteiger charge is 1.89. The Kier molecular flexibility index (Phi) is 2.45. The van der Waals surface area contributed by atoms with Crippen LogP contribution in [-0.4, -0.2) is 19.9 Å². The molecule has 52 valence electrons. The molecule has 0 amide bonds. The van der Waals surface area contributed by atoms with Crippen LogP contribution in [0.3, 0.4) is 0 Å². The summed E-state index contributed by atoms with van der Waals surface area (Å²) in [6.45, 7) is 0.849. The highest BCUT2D eigenvalue weighted by molar-refractivity contribution is 6.30. The Hall–Kier alpha value is -0.825. The molecule has 1 N–H and O–H groups in total. The smallest absolute Gasteiger partial charge is 0.163 e. The van der Waals surface area contributed by atoms with Gasteiger partial charge in [0.1, 0.15) is 0 Å². The van der Waals surface area contributed by atoms with E-state index in [2.05, 4.69) is 10.3 Å². The largest absolute Gasteiger partial charge is 0.314 e. The Morgan fingerprint density at radius 3 is 3.00 bits per heavy atom. The van der Waals surface area contributed by atoms with Crippen LogP contribution in [-0.2, 0) is 6.54 Å². The standard InChI is InChI=1S/C7H11BN2/c1-9-5-6-3-2-4-7(8)10-6/h2-4,9H,5,8H2,1H3. The molecule has 1 rings (SSSR count). The van der Waals surface area contributed by atoms with Crippen molar-refractivity contribution in [2.75, 3.05) is 7.05 Å². The molecule has 0 aliphatic rings. The third-order valence-electron chi connectivity index (χ3n) is 1.30. The maximum atomic E-state index is 4.30. The molecule has 0 fully saturated rings. The Morgan fingerprint density at radius 1 is 1.60 bits per heavy atom. The van der Waals surface area contributed by atoms with Crippen molar-refractivity contribution in [1.29, 1.82) is 0 Å². The summed E-state index contributed by atoms with van der Waals surface area (Å²) in [5.74, 6) is 0. The summed E-state index contributed by atoms with van der Waals surface area (Å²) in [6, 6.07) is 6.04. The number of rotatable bonds is 2. The van der Waals surface area contributed by atoms with Gasteiger partial charge in [0.25, 0.3) is 0 Å². The first-order chi connectivity index (χ1) is 4.83. The van der Waals surface area contributed by atoms with Crippen LogP contribution in [0.2, 0.25) is 0 Å². The molecule has 0 aromatic carbocycles. The van der Waals surface area contributed by atoms with Gasteiger partial charge in [-0.15, -0.1) is 0 Å². The van der Waals surface area contributed by atoms with E-state index in [-0.39, 0.29) is 0 Å². The summed E-state index contributed by atoms with van der Waals surface area (Å²) in [5.41, 5.74) is 2.18. The van der Waals surface area contributed by atoms with Crippen molar-refractivity contribution in [1.82, 2.24) is 10.3 Å². The molecule has 1 aromatic heterocycles. The maximum absolute atomic E-state index is 4.30. The van der Waals surface area contributed by atoms with E-state index < -0.39 is 0 Å². The van der Waals surface area contributed by atoms with Crippen LogP contribution < -0.4 is 10.9 Å². The highest BCUT2D eigenvalue weighted by Crippen LogP contribution is 1.88. The molecule has 0 spiro atoms. The molecule has 2 nitrogen and oxygen atoms in total. The van der Waals surface area contributed by atoms with E-state index in [0.29, 0.717) is 0 Å². The lowest BCUT2D eigenvalue weighted by atomic mass is 10.0. The number of hydrogen-bond acceptors (Lipinski definition) is 2. The molecule has 3 heteroatoms. The van der Waals surface area contributed by atoms with E-state index in [1.165, 1.54) is 0 Å². The lowest BCUT2D eigenvalue weighted by Crippen LogP contribution is -2.14. The first-order valence-corrected chi connectivity index (χ1v) is 3.40. The number of hydrogen-bond donors (Lipinski definition) is 1. The predicted octanol–water partition coefficient (Wildman–Crippen LogP) is -0.941. The molecule has 0 bridgehead atoms. The molecule has 0 aliphatic carbocycles. The molecule has 0 saturated heterocycles. The van der Waals surface area contributed by atoms with Gasteiger partial charge in [-0.25, -0.2) is 0 Å². The topological polar surface area (TPSA) is 24.9 Å². The van der Waals surface area contributed by atoms with Crippen molar-refractivity contribution >= 4 is 13.4 Å². The van der Waals surface area contributed by atoms with E-state index in [0.717, 1.165) is 17.8 Å². The molecule has 1 heterocycles. The maximum Gasteiger partial charge on any atom is 0.163 e. The second-order valence-corrected chi connectivity index (χ2v) is 2.30. The zero-order valence-electron chi connectivity index (χ0n) is 6.39. The van der Waals surface area contributed by atoms with Crippen molar-refractivity contribution in [2.24, 2.45) is 0 Å². The summed E-state index contributed by atoms with van der Waals surface area (Å²) in [5, 5.41) is 3.05. The summed E-state index contributed by atoms with van der Waals surface area (Å²) in [6.07, 6.45) is 0. The molecule has 0 unspecified atom stereocenters. The van der Waals surface area contributed by atoms with Crippen LogP contribution in [0.1, 0.15) is 5.69 Å². The molecule has 1 aromatic rings. The summed E-state index contributed by atoms with van der Waals surface area (Å²) >= 11 is 0. The normalized spacial score (nSPS) is 9.70. The minimum absolute atomic E-state index is 0.849. The third kappa shape index (κ3) is 1.85. The number of pyridine rings is 1. The van der Waals surface area contributed by atoms with E-state index in [9.17, 15) is 0 Å². The lowest BCUT2D eigenvalue weighted by Gasteiger charge is -1.98. The van der Waals surface area contributed by atoms with E-state index in [1.807, 2.05) is 33.1 Å². The van der Waals surface area contributed by atoms with Crippen LogP contribution in [0.25, 0.3) is 0 Å². The van der Waals surface area contributed by atoms with Gasteiger partial charge in [0.05, 0.1) is 5.69 Å². The zero-order valence-corrected chi connectivity index (χ0v) is 6.39. The van der Waals surface area contributed by atoms with Gasteiger partial charge in [-0.2, -0.15) is 0 Å². The van der Waals surface area contributed by atoms with Crippen LogP contribution in [0.4, 0.5) is 0 Å². The summed E-state index contributed by atoms with van der Waals surface area (Å²) in [4.78, 5) is 4.30. The monoisotopic (exact) mass is 134 g/mol. The minimum Gasteiger partial charge on any atom is -0.314 e. The molecule has 0 atom stereocenters. The Morgan fingerprint density at radius 2 is 2.40 bits per heavy atom. The SMILES string of the molecule is Bc1cccc(CNC)n1. The number of aromatic nitrogens is 1. The Balaban J connectivity index is 2.75. The van der Waals surface area contributed by atoms with Gasteiger partial charge in [0.15, 0.2) is 7.85 Å². The van der Waals surface area contributed by atoms with Gasteiger partial charge in [-0.1, -0.05) is 12.1 Å². The molecule has 0 saturated carbocycles. The zero-order chi connectivity index (χ0) is 7.40. The third-order valence-corrected chi connectivity index (χ3v) is 1.30. The van der Waals surface area contributed by atoms with Crippen LogP contribution in [0.15, 0.2) is 18.2 Å². The summed E-state index contributed by atoms with van der Waals surface area (Å²) < 4.78 is 0. The van der Waals surface area contributed by atoms with Crippen LogP contribution in [0.5, 0.6) is 0 Å². The second kappa shape index (κ2) is 3.37. The molecular weight excluding hydrogens is 123 g/mol. The first-order valence-electron chi connectivity index (χ1n) is 3.40. The average molecular weight is 134 g/mol. The Bertz CT molecular complexity index is 213. The van der Waals surface area contributed by atoms with E-state index >= 15 is 0 Å². The van der Waals surface area contributed by atoms with Gasteiger partial charge >= 0.3 is 0 Å². The molecule has 10 heavy (non-hydrogen) atoms. The molecule has 0 radical (unpaired) electrons. The van der Waals surface area contributed by atoms with E-state index in [4.69, 9.17) is 0 Å². The number of nitrogens with one attached hydrogen (secondary N) is 1. The fourth-order valence-electron chi connectivity index (χ4n) is 0.879. The highest BCUT2D eigenvalue weighted by atomic mass is 14.8. The van der Waals surface area contributed by atoms with Gasteiger partial charge in [-0.05, 0) is 18.7 Å². The predicted molar refractivity (Wildman–Crippen MR) is 45.2 cm³/mol. The van der Waals surface area contributed by atoms with Gasteiger partial charge in [-0.3, -0.25) is 4.98 Å². The van der Waals surface area contributed by atoms with Crippen molar-refractivity contribution in [3.8, 4) is 0 Å². The molecular formula is C7H11BN2. The number of nitrogens with zero attached hydrogens (tertiary/aromatic N) is 1. The first kappa shape index (κ1) is 7.28. The molecule has 0 aliphatic heterocycles. The van der Waals surface area contributed by atoms with Crippen molar-refractivity contribution in [3.05, 3.63) is 23.9 Å². The second-order valence-electron chi connectivity index (χ2n) is 2.30. The summed E-state index contributed by atoms with van der Waals surface area (Å²) in [7, 11) is 3.92. The van der Waals surface area contributed by atoms with Gasteiger partial charge < -0.3 is 5.32 Å². The van der Waals surface area contributed by atoms with Gasteiger partial charge in [0.2, 0.25) is 0 Å². The fourth-order valence-corrected chi connectivity index (χ4v) is 0.879. The van der Waals surface area contributed by atoms with Crippen LogP contribution in [0, 0.1) is 0 Å².